The fourth-order valence-electron chi connectivity index (χ4n) is 1.28. The highest BCUT2D eigenvalue weighted by Crippen LogP contribution is 2.09. The number of nitrogens with two attached hydrogens (primary N) is 1. The molecule has 1 heterocycles. The zero-order valence-electron chi connectivity index (χ0n) is 8.37. The summed E-state index contributed by atoms with van der Waals surface area (Å²) in [5.74, 6) is 1.19. The van der Waals surface area contributed by atoms with Gasteiger partial charge >= 0.3 is 0 Å². The maximum Gasteiger partial charge on any atom is 0.0594 e. The molecule has 0 spiro atoms. The number of hydrogen-bond acceptors (Lipinski definition) is 4. The minimum atomic E-state index is 0.598. The van der Waals surface area contributed by atoms with Crippen molar-refractivity contribution in [2.24, 2.45) is 5.73 Å². The zero-order valence-corrected chi connectivity index (χ0v) is 9.18. The Hall–Kier alpha value is 0.230. The van der Waals surface area contributed by atoms with E-state index in [1.165, 1.54) is 12.3 Å². The standard InChI is InChI=1S/C9H20N2OS/c1-9(8-10)13-7-4-11-2-5-12-6-3-11/h9H,2-8,10H2,1H3. The average molecular weight is 204 g/mol. The van der Waals surface area contributed by atoms with Gasteiger partial charge in [0.05, 0.1) is 13.2 Å². The highest BCUT2D eigenvalue weighted by Gasteiger charge is 2.09. The summed E-state index contributed by atoms with van der Waals surface area (Å²) in [5.41, 5.74) is 5.54. The molecule has 0 aromatic carbocycles. The molecule has 1 aliphatic heterocycles. The Kier molecular flexibility index (Phi) is 5.78. The molecule has 0 aromatic rings. The van der Waals surface area contributed by atoms with Gasteiger partial charge < -0.3 is 10.5 Å². The Bertz CT molecular complexity index is 129. The molecule has 0 aliphatic carbocycles. The van der Waals surface area contributed by atoms with Gasteiger partial charge in [0.25, 0.3) is 0 Å². The number of nitrogens with zero attached hydrogens (tertiary/aromatic N) is 1. The van der Waals surface area contributed by atoms with Crippen LogP contribution in [-0.2, 0) is 4.74 Å². The first kappa shape index (κ1) is 11.3. The van der Waals surface area contributed by atoms with Gasteiger partial charge in [0.1, 0.15) is 0 Å². The molecule has 4 heteroatoms. The van der Waals surface area contributed by atoms with Crippen molar-refractivity contribution in [1.29, 1.82) is 0 Å². The maximum atomic E-state index is 5.54. The van der Waals surface area contributed by atoms with Crippen molar-refractivity contribution in [2.45, 2.75) is 12.2 Å². The van der Waals surface area contributed by atoms with E-state index in [0.29, 0.717) is 5.25 Å². The molecule has 13 heavy (non-hydrogen) atoms. The number of morpholine rings is 1. The summed E-state index contributed by atoms with van der Waals surface area (Å²) in [4.78, 5) is 2.46. The van der Waals surface area contributed by atoms with Crippen molar-refractivity contribution in [3.63, 3.8) is 0 Å². The van der Waals surface area contributed by atoms with Crippen LogP contribution in [0.2, 0.25) is 0 Å². The lowest BCUT2D eigenvalue weighted by Gasteiger charge is -2.26. The van der Waals surface area contributed by atoms with E-state index >= 15 is 0 Å². The molecule has 78 valence electrons. The largest absolute Gasteiger partial charge is 0.379 e. The van der Waals surface area contributed by atoms with Crippen LogP contribution in [0.15, 0.2) is 0 Å². The second-order valence-electron chi connectivity index (χ2n) is 3.37. The topological polar surface area (TPSA) is 38.5 Å². The summed E-state index contributed by atoms with van der Waals surface area (Å²) in [6, 6.07) is 0. The van der Waals surface area contributed by atoms with Crippen molar-refractivity contribution in [2.75, 3.05) is 45.1 Å². The van der Waals surface area contributed by atoms with Crippen molar-refractivity contribution in [3.8, 4) is 0 Å². The lowest BCUT2D eigenvalue weighted by atomic mass is 10.4. The molecule has 0 aromatic heterocycles. The molecule has 1 rings (SSSR count). The third-order valence-electron chi connectivity index (χ3n) is 2.25. The first-order valence-corrected chi connectivity index (χ1v) is 5.99. The van der Waals surface area contributed by atoms with Gasteiger partial charge in [0, 0.05) is 37.2 Å². The highest BCUT2D eigenvalue weighted by molar-refractivity contribution is 7.99. The van der Waals surface area contributed by atoms with E-state index in [1.54, 1.807) is 0 Å². The van der Waals surface area contributed by atoms with Crippen molar-refractivity contribution < 1.29 is 4.74 Å². The van der Waals surface area contributed by atoms with Crippen LogP contribution < -0.4 is 5.73 Å². The fraction of sp³-hybridized carbons (Fsp3) is 1.00. The molecular formula is C9H20N2OS. The van der Waals surface area contributed by atoms with Gasteiger partial charge in [-0.2, -0.15) is 11.8 Å². The molecule has 0 amide bonds. The van der Waals surface area contributed by atoms with Crippen LogP contribution in [0.1, 0.15) is 6.92 Å². The molecule has 0 radical (unpaired) electrons. The molecular weight excluding hydrogens is 184 g/mol. The van der Waals surface area contributed by atoms with E-state index in [4.69, 9.17) is 10.5 Å². The Balaban J connectivity index is 1.98. The number of hydrogen-bond donors (Lipinski definition) is 1. The Morgan fingerprint density at radius 3 is 2.77 bits per heavy atom. The number of rotatable bonds is 5. The molecule has 1 unspecified atom stereocenters. The van der Waals surface area contributed by atoms with E-state index in [9.17, 15) is 0 Å². The summed E-state index contributed by atoms with van der Waals surface area (Å²) in [6.07, 6.45) is 0. The quantitative estimate of drug-likeness (QED) is 0.703. The van der Waals surface area contributed by atoms with Crippen LogP contribution in [-0.4, -0.2) is 55.3 Å². The van der Waals surface area contributed by atoms with Gasteiger partial charge in [0.15, 0.2) is 0 Å². The van der Waals surface area contributed by atoms with Crippen molar-refractivity contribution in [3.05, 3.63) is 0 Å². The molecule has 1 atom stereocenters. The Morgan fingerprint density at radius 1 is 1.46 bits per heavy atom. The molecule has 0 bridgehead atoms. The highest BCUT2D eigenvalue weighted by atomic mass is 32.2. The maximum absolute atomic E-state index is 5.54. The van der Waals surface area contributed by atoms with Crippen LogP contribution in [0.4, 0.5) is 0 Å². The van der Waals surface area contributed by atoms with Gasteiger partial charge in [-0.3, -0.25) is 4.90 Å². The fourth-order valence-corrected chi connectivity index (χ4v) is 2.18. The smallest absolute Gasteiger partial charge is 0.0594 e. The van der Waals surface area contributed by atoms with Crippen molar-refractivity contribution in [1.82, 2.24) is 4.90 Å². The minimum absolute atomic E-state index is 0.598. The van der Waals surface area contributed by atoms with Crippen LogP contribution in [0.25, 0.3) is 0 Å². The van der Waals surface area contributed by atoms with Crippen LogP contribution >= 0.6 is 11.8 Å². The molecule has 1 saturated heterocycles. The summed E-state index contributed by atoms with van der Waals surface area (Å²) < 4.78 is 5.28. The Labute approximate surface area is 85.0 Å². The predicted molar refractivity (Wildman–Crippen MR) is 58.2 cm³/mol. The van der Waals surface area contributed by atoms with Crippen LogP contribution in [0.3, 0.4) is 0 Å². The third kappa shape index (κ3) is 4.86. The van der Waals surface area contributed by atoms with Gasteiger partial charge in [-0.1, -0.05) is 6.92 Å². The first-order chi connectivity index (χ1) is 6.33. The summed E-state index contributed by atoms with van der Waals surface area (Å²) in [5, 5.41) is 0.598. The van der Waals surface area contributed by atoms with Crippen molar-refractivity contribution >= 4 is 11.8 Å². The van der Waals surface area contributed by atoms with Gasteiger partial charge in [-0.15, -0.1) is 0 Å². The van der Waals surface area contributed by atoms with Gasteiger partial charge in [0.2, 0.25) is 0 Å². The Morgan fingerprint density at radius 2 is 2.15 bits per heavy atom. The summed E-state index contributed by atoms with van der Waals surface area (Å²) in [7, 11) is 0. The second-order valence-corrected chi connectivity index (χ2v) is 4.92. The van der Waals surface area contributed by atoms with E-state index in [2.05, 4.69) is 11.8 Å². The summed E-state index contributed by atoms with van der Waals surface area (Å²) in [6.45, 7) is 8.14. The normalized spacial score (nSPS) is 21.7. The second kappa shape index (κ2) is 6.65. The SMILES string of the molecule is CC(CN)SCCN1CCOCC1. The zero-order chi connectivity index (χ0) is 9.52. The molecule has 1 aliphatic rings. The lowest BCUT2D eigenvalue weighted by molar-refractivity contribution is 0.0410. The summed E-state index contributed by atoms with van der Waals surface area (Å²) >= 11 is 1.96. The average Bonchev–Trinajstić information content (AvgIpc) is 2.19. The van der Waals surface area contributed by atoms with Crippen LogP contribution in [0.5, 0.6) is 0 Å². The lowest BCUT2D eigenvalue weighted by Crippen LogP contribution is -2.37. The molecule has 1 fully saturated rings. The predicted octanol–water partition coefficient (Wildman–Crippen LogP) is 0.399. The van der Waals surface area contributed by atoms with E-state index in [1.807, 2.05) is 11.8 Å². The molecule has 3 nitrogen and oxygen atoms in total. The monoisotopic (exact) mass is 204 g/mol. The van der Waals surface area contributed by atoms with Crippen LogP contribution in [0, 0.1) is 0 Å². The molecule has 2 N–H and O–H groups in total. The first-order valence-electron chi connectivity index (χ1n) is 4.94. The van der Waals surface area contributed by atoms with E-state index < -0.39 is 0 Å². The number of thioether (sulfide) groups is 1. The van der Waals surface area contributed by atoms with Gasteiger partial charge in [-0.05, 0) is 0 Å². The van der Waals surface area contributed by atoms with E-state index in [0.717, 1.165) is 32.8 Å². The van der Waals surface area contributed by atoms with E-state index in [-0.39, 0.29) is 0 Å². The van der Waals surface area contributed by atoms with Gasteiger partial charge in [-0.25, -0.2) is 0 Å². The third-order valence-corrected chi connectivity index (χ3v) is 3.43. The number of ether oxygens (including phenoxy) is 1. The molecule has 0 saturated carbocycles. The minimum Gasteiger partial charge on any atom is -0.379 e.